The van der Waals surface area contributed by atoms with Crippen LogP contribution in [0.15, 0.2) is 67.3 Å². The molecule has 194 valence electrons. The van der Waals surface area contributed by atoms with Crippen LogP contribution >= 0.6 is 0 Å². The van der Waals surface area contributed by atoms with Crippen LogP contribution in [0.1, 0.15) is 99.8 Å². The third kappa shape index (κ3) is 8.07. The molecular weight excluding hydrogens is 451 g/mol. The minimum atomic E-state index is -0.0650. The van der Waals surface area contributed by atoms with E-state index in [0.29, 0.717) is 5.39 Å². The van der Waals surface area contributed by atoms with Gasteiger partial charge >= 0.3 is 0 Å². The van der Waals surface area contributed by atoms with Gasteiger partial charge in [-0.2, -0.15) is 0 Å². The molecule has 0 saturated heterocycles. The summed E-state index contributed by atoms with van der Waals surface area (Å²) >= 11 is 0. The number of fused-ring (bicyclic) bond motifs is 1. The lowest BCUT2D eigenvalue weighted by Gasteiger charge is -2.28. The Kier molecular flexibility index (Phi) is 10.4. The van der Waals surface area contributed by atoms with Crippen LogP contribution in [-0.4, -0.2) is 0 Å². The summed E-state index contributed by atoms with van der Waals surface area (Å²) in [4.78, 5) is 0. The lowest BCUT2D eigenvalue weighted by atomic mass is 9.78. The Morgan fingerprint density at radius 1 is 0.811 bits per heavy atom. The highest BCUT2D eigenvalue weighted by Crippen LogP contribution is 2.34. The Bertz CT molecular complexity index is 1200. The van der Waals surface area contributed by atoms with Gasteiger partial charge in [0.2, 0.25) is 0 Å². The molecule has 3 aromatic carbocycles. The first-order valence-electron chi connectivity index (χ1n) is 14.6. The van der Waals surface area contributed by atoms with E-state index in [2.05, 4.69) is 55.7 Å². The van der Waals surface area contributed by atoms with Crippen LogP contribution in [0, 0.1) is 29.5 Å². The molecule has 1 aliphatic rings. The maximum atomic E-state index is 15.0. The van der Waals surface area contributed by atoms with Crippen LogP contribution in [0.5, 0.6) is 0 Å². The summed E-state index contributed by atoms with van der Waals surface area (Å²) in [6, 6.07) is 18.6. The third-order valence-corrected chi connectivity index (χ3v) is 8.23. The average molecular weight is 495 g/mol. The Morgan fingerprint density at radius 3 is 2.24 bits per heavy atom. The Balaban J connectivity index is 1.30. The molecule has 0 amide bonds. The van der Waals surface area contributed by atoms with Gasteiger partial charge in [0, 0.05) is 16.5 Å². The zero-order chi connectivity index (χ0) is 25.9. The molecule has 0 unspecified atom stereocenters. The topological polar surface area (TPSA) is 0 Å². The fourth-order valence-electron chi connectivity index (χ4n) is 5.78. The maximum Gasteiger partial charge on any atom is 0.134 e. The second-order valence-electron chi connectivity index (χ2n) is 11.0. The van der Waals surface area contributed by atoms with E-state index in [1.165, 1.54) is 69.8 Å². The molecule has 37 heavy (non-hydrogen) atoms. The van der Waals surface area contributed by atoms with Gasteiger partial charge in [0.05, 0.1) is 0 Å². The van der Waals surface area contributed by atoms with Crippen molar-refractivity contribution in [2.45, 2.75) is 90.4 Å². The highest BCUT2D eigenvalue weighted by molar-refractivity contribution is 5.85. The van der Waals surface area contributed by atoms with Gasteiger partial charge in [0.25, 0.3) is 0 Å². The van der Waals surface area contributed by atoms with Crippen molar-refractivity contribution in [3.63, 3.8) is 0 Å². The SMILES string of the molecule is C=CCCC1CCC(CCc2ccc(C#Cc3ccc4c(F)c(CCCCCC)ccc4c3)cc2)CC1. The molecule has 0 heterocycles. The average Bonchev–Trinajstić information content (AvgIpc) is 2.94. The predicted molar refractivity (Wildman–Crippen MR) is 157 cm³/mol. The van der Waals surface area contributed by atoms with Crippen molar-refractivity contribution in [2.75, 3.05) is 0 Å². The summed E-state index contributed by atoms with van der Waals surface area (Å²) in [7, 11) is 0. The van der Waals surface area contributed by atoms with Gasteiger partial charge < -0.3 is 0 Å². The highest BCUT2D eigenvalue weighted by Gasteiger charge is 2.20. The number of halogens is 1. The third-order valence-electron chi connectivity index (χ3n) is 8.23. The standard InChI is InChI=1S/C36H43F/c1-3-5-7-8-10-33-24-25-34-27-32(23-26-35(34)36(33)37)22-21-31-19-17-30(18-20-31)16-15-29-13-11-28(12-14-29)9-6-4-2/h4,17-20,23-29H,2-3,5-16H2,1H3. The van der Waals surface area contributed by atoms with Crippen LogP contribution < -0.4 is 0 Å². The molecule has 0 bridgehead atoms. The minimum absolute atomic E-state index is 0.0650. The van der Waals surface area contributed by atoms with Crippen LogP contribution in [0.25, 0.3) is 10.8 Å². The van der Waals surface area contributed by atoms with Crippen LogP contribution in [0.2, 0.25) is 0 Å². The van der Waals surface area contributed by atoms with Crippen molar-refractivity contribution >= 4 is 10.8 Å². The molecule has 0 aliphatic heterocycles. The van der Waals surface area contributed by atoms with Crippen molar-refractivity contribution < 1.29 is 4.39 Å². The highest BCUT2D eigenvalue weighted by atomic mass is 19.1. The van der Waals surface area contributed by atoms with E-state index >= 15 is 4.39 Å². The van der Waals surface area contributed by atoms with Crippen molar-refractivity contribution in [2.24, 2.45) is 11.8 Å². The molecule has 0 aromatic heterocycles. The van der Waals surface area contributed by atoms with Crippen LogP contribution in [0.4, 0.5) is 4.39 Å². The smallest absolute Gasteiger partial charge is 0.134 e. The van der Waals surface area contributed by atoms with Gasteiger partial charge in [-0.25, -0.2) is 4.39 Å². The number of hydrogen-bond donors (Lipinski definition) is 0. The largest absolute Gasteiger partial charge is 0.206 e. The number of aryl methyl sites for hydroxylation is 2. The zero-order valence-corrected chi connectivity index (χ0v) is 22.7. The first-order chi connectivity index (χ1) is 18.2. The van der Waals surface area contributed by atoms with E-state index in [1.54, 1.807) is 0 Å². The van der Waals surface area contributed by atoms with Gasteiger partial charge in [-0.05, 0) is 91.1 Å². The lowest BCUT2D eigenvalue weighted by Crippen LogP contribution is -2.15. The molecule has 0 atom stereocenters. The molecule has 0 N–H and O–H groups in total. The quantitative estimate of drug-likeness (QED) is 0.141. The number of allylic oxidation sites excluding steroid dienone is 1. The Labute approximate surface area is 224 Å². The predicted octanol–water partition coefficient (Wildman–Crippen LogP) is 10.2. The van der Waals surface area contributed by atoms with Gasteiger partial charge in [-0.1, -0.05) is 100 Å². The minimum Gasteiger partial charge on any atom is -0.206 e. The molecule has 1 aliphatic carbocycles. The summed E-state index contributed by atoms with van der Waals surface area (Å²) in [6.07, 6.45) is 18.1. The fraction of sp³-hybridized carbons (Fsp3) is 0.444. The summed E-state index contributed by atoms with van der Waals surface area (Å²) in [5.74, 6) is 8.32. The number of unbranched alkanes of at least 4 members (excludes halogenated alkanes) is 3. The molecular formula is C36H43F. The van der Waals surface area contributed by atoms with Crippen molar-refractivity contribution in [1.82, 2.24) is 0 Å². The van der Waals surface area contributed by atoms with E-state index in [-0.39, 0.29) is 5.82 Å². The van der Waals surface area contributed by atoms with Crippen LogP contribution in [-0.2, 0) is 12.8 Å². The summed E-state index contributed by atoms with van der Waals surface area (Å²) < 4.78 is 15.0. The molecule has 0 nitrogen and oxygen atoms in total. The molecule has 1 fully saturated rings. The fourth-order valence-corrected chi connectivity index (χ4v) is 5.78. The van der Waals surface area contributed by atoms with Gasteiger partial charge in [0.1, 0.15) is 5.82 Å². The van der Waals surface area contributed by atoms with E-state index in [9.17, 15) is 0 Å². The number of benzene rings is 3. The second kappa shape index (κ2) is 14.2. The summed E-state index contributed by atoms with van der Waals surface area (Å²) in [5, 5.41) is 1.62. The first kappa shape index (κ1) is 27.2. The second-order valence-corrected chi connectivity index (χ2v) is 11.0. The molecule has 1 saturated carbocycles. The number of rotatable bonds is 11. The van der Waals surface area contributed by atoms with Gasteiger partial charge in [-0.15, -0.1) is 6.58 Å². The van der Waals surface area contributed by atoms with E-state index in [4.69, 9.17) is 0 Å². The van der Waals surface area contributed by atoms with E-state index in [0.717, 1.165) is 53.2 Å². The van der Waals surface area contributed by atoms with Gasteiger partial charge in [-0.3, -0.25) is 0 Å². The molecule has 4 rings (SSSR count). The monoisotopic (exact) mass is 494 g/mol. The molecule has 0 spiro atoms. The van der Waals surface area contributed by atoms with Crippen LogP contribution in [0.3, 0.4) is 0 Å². The summed E-state index contributed by atoms with van der Waals surface area (Å²) in [5.41, 5.74) is 4.19. The normalized spacial score (nSPS) is 17.4. The van der Waals surface area contributed by atoms with Crippen molar-refractivity contribution in [3.8, 4) is 11.8 Å². The maximum absolute atomic E-state index is 15.0. The van der Waals surface area contributed by atoms with E-state index < -0.39 is 0 Å². The molecule has 1 heteroatoms. The summed E-state index contributed by atoms with van der Waals surface area (Å²) in [6.45, 7) is 6.06. The number of hydrogen-bond acceptors (Lipinski definition) is 0. The molecule has 0 radical (unpaired) electrons. The Morgan fingerprint density at radius 2 is 1.51 bits per heavy atom. The van der Waals surface area contributed by atoms with E-state index in [1.807, 2.05) is 30.3 Å². The lowest BCUT2D eigenvalue weighted by molar-refractivity contribution is 0.254. The van der Waals surface area contributed by atoms with Crippen molar-refractivity contribution in [3.05, 3.63) is 95.3 Å². The van der Waals surface area contributed by atoms with Gasteiger partial charge in [0.15, 0.2) is 0 Å². The zero-order valence-electron chi connectivity index (χ0n) is 22.7. The Hall–Kier alpha value is -2.85. The molecule has 3 aromatic rings. The first-order valence-corrected chi connectivity index (χ1v) is 14.6. The van der Waals surface area contributed by atoms with Crippen molar-refractivity contribution in [1.29, 1.82) is 0 Å².